The van der Waals surface area contributed by atoms with Crippen LogP contribution in [0.15, 0.2) is 12.4 Å². The third-order valence-electron chi connectivity index (χ3n) is 2.90. The Kier molecular flexibility index (Phi) is 3.03. The van der Waals surface area contributed by atoms with Gasteiger partial charge in [0, 0.05) is 25.3 Å². The molecule has 1 fully saturated rings. The van der Waals surface area contributed by atoms with Gasteiger partial charge in [-0.2, -0.15) is 5.10 Å². The number of rotatable bonds is 3. The standard InChI is InChI=1S/C10H18N4/c1-2-14-5-3-9(4-6-14)13-10-7-11-12-8-10/h7-9,13H,2-6H2,1H3,(H,11,12). The second kappa shape index (κ2) is 4.46. The minimum atomic E-state index is 0.621. The van der Waals surface area contributed by atoms with Gasteiger partial charge in [-0.15, -0.1) is 0 Å². The minimum absolute atomic E-state index is 0.621. The molecule has 0 saturated carbocycles. The van der Waals surface area contributed by atoms with Crippen LogP contribution in [0.3, 0.4) is 0 Å². The Balaban J connectivity index is 1.79. The molecule has 0 aliphatic carbocycles. The number of aromatic nitrogens is 2. The van der Waals surface area contributed by atoms with E-state index in [-0.39, 0.29) is 0 Å². The van der Waals surface area contributed by atoms with Gasteiger partial charge in [-0.1, -0.05) is 6.92 Å². The van der Waals surface area contributed by atoms with Crippen molar-refractivity contribution in [3.05, 3.63) is 12.4 Å². The lowest BCUT2D eigenvalue weighted by Gasteiger charge is -2.31. The SMILES string of the molecule is CCN1CCC(Nc2cn[nH]c2)CC1. The first-order chi connectivity index (χ1) is 6.88. The largest absolute Gasteiger partial charge is 0.380 e. The summed E-state index contributed by atoms with van der Waals surface area (Å²) in [7, 11) is 0. The number of anilines is 1. The van der Waals surface area contributed by atoms with Crippen molar-refractivity contribution in [3.63, 3.8) is 0 Å². The molecular weight excluding hydrogens is 176 g/mol. The first-order valence-electron chi connectivity index (χ1n) is 5.36. The summed E-state index contributed by atoms with van der Waals surface area (Å²) in [5.74, 6) is 0. The zero-order valence-corrected chi connectivity index (χ0v) is 8.66. The molecule has 1 aliphatic heterocycles. The Morgan fingerprint density at radius 2 is 2.36 bits per heavy atom. The molecule has 0 radical (unpaired) electrons. The van der Waals surface area contributed by atoms with Gasteiger partial charge in [-0.25, -0.2) is 0 Å². The van der Waals surface area contributed by atoms with Crippen molar-refractivity contribution in [2.45, 2.75) is 25.8 Å². The van der Waals surface area contributed by atoms with Gasteiger partial charge in [0.2, 0.25) is 0 Å². The molecule has 14 heavy (non-hydrogen) atoms. The van der Waals surface area contributed by atoms with Crippen LogP contribution in [-0.4, -0.2) is 40.8 Å². The van der Waals surface area contributed by atoms with E-state index >= 15 is 0 Å². The van der Waals surface area contributed by atoms with E-state index in [4.69, 9.17) is 0 Å². The molecule has 1 aromatic heterocycles. The zero-order chi connectivity index (χ0) is 9.80. The molecule has 0 unspecified atom stereocenters. The van der Waals surface area contributed by atoms with E-state index in [0.29, 0.717) is 6.04 Å². The van der Waals surface area contributed by atoms with Crippen LogP contribution in [-0.2, 0) is 0 Å². The first-order valence-corrected chi connectivity index (χ1v) is 5.36. The van der Waals surface area contributed by atoms with Gasteiger partial charge >= 0.3 is 0 Å². The Morgan fingerprint density at radius 3 is 2.93 bits per heavy atom. The van der Waals surface area contributed by atoms with Crippen LogP contribution >= 0.6 is 0 Å². The lowest BCUT2D eigenvalue weighted by molar-refractivity contribution is 0.229. The summed E-state index contributed by atoms with van der Waals surface area (Å²) in [6, 6.07) is 0.621. The minimum Gasteiger partial charge on any atom is -0.380 e. The highest BCUT2D eigenvalue weighted by Gasteiger charge is 2.17. The topological polar surface area (TPSA) is 44.0 Å². The van der Waals surface area contributed by atoms with E-state index in [9.17, 15) is 0 Å². The number of hydrogen-bond donors (Lipinski definition) is 2. The van der Waals surface area contributed by atoms with Gasteiger partial charge in [0.15, 0.2) is 0 Å². The van der Waals surface area contributed by atoms with Gasteiger partial charge in [0.25, 0.3) is 0 Å². The molecule has 2 rings (SSSR count). The predicted octanol–water partition coefficient (Wildman–Crippen LogP) is 1.31. The molecule has 0 amide bonds. The molecule has 4 heteroatoms. The summed E-state index contributed by atoms with van der Waals surface area (Å²) in [6.45, 7) is 5.83. The number of nitrogens with one attached hydrogen (secondary N) is 2. The fourth-order valence-electron chi connectivity index (χ4n) is 1.96. The van der Waals surface area contributed by atoms with Crippen LogP contribution < -0.4 is 5.32 Å². The van der Waals surface area contributed by atoms with Gasteiger partial charge in [0.05, 0.1) is 11.9 Å². The van der Waals surface area contributed by atoms with Gasteiger partial charge in [-0.05, 0) is 19.4 Å². The number of likely N-dealkylation sites (tertiary alicyclic amines) is 1. The van der Waals surface area contributed by atoms with Crippen molar-refractivity contribution in [2.75, 3.05) is 25.0 Å². The van der Waals surface area contributed by atoms with Crippen molar-refractivity contribution in [2.24, 2.45) is 0 Å². The maximum absolute atomic E-state index is 3.92. The maximum Gasteiger partial charge on any atom is 0.0725 e. The quantitative estimate of drug-likeness (QED) is 0.762. The molecule has 1 aliphatic rings. The van der Waals surface area contributed by atoms with Crippen molar-refractivity contribution >= 4 is 5.69 Å². The summed E-state index contributed by atoms with van der Waals surface area (Å²) in [5.41, 5.74) is 1.11. The van der Waals surface area contributed by atoms with Crippen LogP contribution in [0, 0.1) is 0 Å². The number of hydrogen-bond acceptors (Lipinski definition) is 3. The van der Waals surface area contributed by atoms with Crippen molar-refractivity contribution in [1.82, 2.24) is 15.1 Å². The summed E-state index contributed by atoms with van der Waals surface area (Å²) < 4.78 is 0. The average Bonchev–Trinajstić information content (AvgIpc) is 2.72. The summed E-state index contributed by atoms with van der Waals surface area (Å²) in [5, 5.41) is 10.2. The molecule has 1 saturated heterocycles. The van der Waals surface area contributed by atoms with E-state index < -0.39 is 0 Å². The Morgan fingerprint density at radius 1 is 1.57 bits per heavy atom. The van der Waals surface area contributed by atoms with Crippen LogP contribution in [0.4, 0.5) is 5.69 Å². The number of nitrogens with zero attached hydrogens (tertiary/aromatic N) is 2. The highest BCUT2D eigenvalue weighted by molar-refractivity contribution is 5.38. The normalized spacial score (nSPS) is 19.8. The molecule has 2 N–H and O–H groups in total. The molecule has 1 aromatic rings. The average molecular weight is 194 g/mol. The second-order valence-corrected chi connectivity index (χ2v) is 3.84. The lowest BCUT2D eigenvalue weighted by Crippen LogP contribution is -2.38. The van der Waals surface area contributed by atoms with Crippen LogP contribution in [0.25, 0.3) is 0 Å². The van der Waals surface area contributed by atoms with E-state index in [2.05, 4.69) is 27.3 Å². The van der Waals surface area contributed by atoms with Crippen LogP contribution in [0.5, 0.6) is 0 Å². The van der Waals surface area contributed by atoms with E-state index in [1.807, 2.05) is 12.4 Å². The second-order valence-electron chi connectivity index (χ2n) is 3.84. The van der Waals surface area contributed by atoms with E-state index in [1.165, 1.54) is 32.5 Å². The number of piperidine rings is 1. The summed E-state index contributed by atoms with van der Waals surface area (Å²) in [4.78, 5) is 2.49. The fourth-order valence-corrected chi connectivity index (χ4v) is 1.96. The van der Waals surface area contributed by atoms with Crippen LogP contribution in [0.2, 0.25) is 0 Å². The molecule has 78 valence electrons. The number of H-pyrrole nitrogens is 1. The molecule has 0 bridgehead atoms. The maximum atomic E-state index is 3.92. The highest BCUT2D eigenvalue weighted by atomic mass is 15.2. The van der Waals surface area contributed by atoms with Gasteiger partial charge in [0.1, 0.15) is 0 Å². The third-order valence-corrected chi connectivity index (χ3v) is 2.90. The molecule has 0 spiro atoms. The summed E-state index contributed by atoms with van der Waals surface area (Å²) >= 11 is 0. The summed E-state index contributed by atoms with van der Waals surface area (Å²) in [6.07, 6.45) is 6.22. The Bertz CT molecular complexity index is 249. The molecular formula is C10H18N4. The van der Waals surface area contributed by atoms with Crippen molar-refractivity contribution in [1.29, 1.82) is 0 Å². The third kappa shape index (κ3) is 2.26. The van der Waals surface area contributed by atoms with Gasteiger partial charge < -0.3 is 10.2 Å². The molecule has 0 atom stereocenters. The fraction of sp³-hybridized carbons (Fsp3) is 0.700. The van der Waals surface area contributed by atoms with Crippen molar-refractivity contribution in [3.8, 4) is 0 Å². The van der Waals surface area contributed by atoms with Crippen LogP contribution in [0.1, 0.15) is 19.8 Å². The first kappa shape index (κ1) is 9.52. The predicted molar refractivity (Wildman–Crippen MR) is 57.3 cm³/mol. The Hall–Kier alpha value is -1.03. The lowest BCUT2D eigenvalue weighted by atomic mass is 10.1. The molecule has 2 heterocycles. The van der Waals surface area contributed by atoms with Crippen molar-refractivity contribution < 1.29 is 0 Å². The molecule has 4 nitrogen and oxygen atoms in total. The van der Waals surface area contributed by atoms with E-state index in [0.717, 1.165) is 5.69 Å². The smallest absolute Gasteiger partial charge is 0.0725 e. The molecule has 0 aromatic carbocycles. The highest BCUT2D eigenvalue weighted by Crippen LogP contribution is 2.14. The van der Waals surface area contributed by atoms with E-state index in [1.54, 1.807) is 0 Å². The number of aromatic amines is 1. The van der Waals surface area contributed by atoms with Gasteiger partial charge in [-0.3, -0.25) is 5.10 Å². The Labute approximate surface area is 84.7 Å². The zero-order valence-electron chi connectivity index (χ0n) is 8.66. The monoisotopic (exact) mass is 194 g/mol.